The second-order valence-electron chi connectivity index (χ2n) is 8.24. The van der Waals surface area contributed by atoms with Gasteiger partial charge in [-0.25, -0.2) is 0 Å². The van der Waals surface area contributed by atoms with Crippen LogP contribution in [0.4, 0.5) is 11.4 Å². The molecule has 1 fully saturated rings. The summed E-state index contributed by atoms with van der Waals surface area (Å²) in [6, 6.07) is 13.8. The topological polar surface area (TPSA) is 50.8 Å². The molecule has 0 unspecified atom stereocenters. The van der Waals surface area contributed by atoms with Crippen LogP contribution in [0.5, 0.6) is 11.5 Å². The molecule has 172 valence electrons. The summed E-state index contributed by atoms with van der Waals surface area (Å²) >= 11 is 0. The molecule has 0 atom stereocenters. The smallest absolute Gasteiger partial charge is 0.248 e. The van der Waals surface area contributed by atoms with Crippen molar-refractivity contribution >= 4 is 23.4 Å². The van der Waals surface area contributed by atoms with Crippen LogP contribution < -0.4 is 19.7 Å². The first-order chi connectivity index (χ1) is 15.7. The molecule has 0 aromatic heterocycles. The quantitative estimate of drug-likeness (QED) is 0.332. The highest BCUT2D eigenvalue weighted by molar-refractivity contribution is 6.02. The van der Waals surface area contributed by atoms with E-state index in [-0.39, 0.29) is 5.91 Å². The van der Waals surface area contributed by atoms with Gasteiger partial charge in [0.2, 0.25) is 5.91 Å². The number of piperidine rings is 1. The van der Waals surface area contributed by atoms with E-state index >= 15 is 0 Å². The van der Waals surface area contributed by atoms with Crippen LogP contribution in [-0.2, 0) is 4.79 Å². The van der Waals surface area contributed by atoms with Crippen LogP contribution >= 0.6 is 0 Å². The van der Waals surface area contributed by atoms with E-state index in [0.717, 1.165) is 36.5 Å². The van der Waals surface area contributed by atoms with Crippen LogP contribution in [-0.4, -0.2) is 32.7 Å². The van der Waals surface area contributed by atoms with Crippen molar-refractivity contribution in [2.45, 2.75) is 51.9 Å². The van der Waals surface area contributed by atoms with Crippen LogP contribution in [0, 0.1) is 0 Å². The Morgan fingerprint density at radius 3 is 2.50 bits per heavy atom. The molecule has 1 aliphatic rings. The van der Waals surface area contributed by atoms with E-state index in [2.05, 4.69) is 29.3 Å². The normalized spacial score (nSPS) is 13.9. The number of carbonyl (C=O) groups is 1. The van der Waals surface area contributed by atoms with Crippen molar-refractivity contribution in [3.05, 3.63) is 54.1 Å². The highest BCUT2D eigenvalue weighted by Crippen LogP contribution is 2.29. The number of anilines is 2. The highest BCUT2D eigenvalue weighted by Gasteiger charge is 2.11. The summed E-state index contributed by atoms with van der Waals surface area (Å²) in [5.74, 6) is 1.25. The molecule has 1 aliphatic heterocycles. The lowest BCUT2D eigenvalue weighted by Gasteiger charge is -2.28. The Balaban J connectivity index is 1.51. The lowest BCUT2D eigenvalue weighted by atomic mass is 10.1. The number of methoxy groups -OCH3 is 1. The minimum absolute atomic E-state index is 0.161. The minimum atomic E-state index is -0.161. The summed E-state index contributed by atoms with van der Waals surface area (Å²) in [4.78, 5) is 14.8. The molecule has 2 aromatic carbocycles. The van der Waals surface area contributed by atoms with Gasteiger partial charge >= 0.3 is 0 Å². The number of nitrogens with one attached hydrogen (secondary N) is 1. The molecule has 5 heteroatoms. The largest absolute Gasteiger partial charge is 0.493 e. The third-order valence-electron chi connectivity index (χ3n) is 5.73. The van der Waals surface area contributed by atoms with E-state index in [0.29, 0.717) is 12.4 Å². The number of carbonyl (C=O) groups excluding carboxylic acids is 1. The van der Waals surface area contributed by atoms with Crippen molar-refractivity contribution in [3.8, 4) is 11.5 Å². The summed E-state index contributed by atoms with van der Waals surface area (Å²) in [6.07, 6.45) is 11.8. The van der Waals surface area contributed by atoms with Crippen molar-refractivity contribution in [1.29, 1.82) is 0 Å². The molecule has 32 heavy (non-hydrogen) atoms. The van der Waals surface area contributed by atoms with Gasteiger partial charge in [0.25, 0.3) is 0 Å². The third-order valence-corrected chi connectivity index (χ3v) is 5.73. The molecule has 0 bridgehead atoms. The average Bonchev–Trinajstić information content (AvgIpc) is 2.84. The van der Waals surface area contributed by atoms with Gasteiger partial charge in [-0.3, -0.25) is 4.79 Å². The zero-order chi connectivity index (χ0) is 22.6. The average molecular weight is 437 g/mol. The fraction of sp³-hybridized carbons (Fsp3) is 0.444. The summed E-state index contributed by atoms with van der Waals surface area (Å²) < 4.78 is 11.3. The molecular weight excluding hydrogens is 400 g/mol. The third kappa shape index (κ3) is 7.33. The first-order valence-corrected chi connectivity index (χ1v) is 11.8. The van der Waals surface area contributed by atoms with Crippen LogP contribution in [0.1, 0.15) is 57.4 Å². The number of hydrogen-bond acceptors (Lipinski definition) is 4. The van der Waals surface area contributed by atoms with E-state index in [9.17, 15) is 4.79 Å². The van der Waals surface area contributed by atoms with Crippen molar-refractivity contribution in [1.82, 2.24) is 0 Å². The van der Waals surface area contributed by atoms with E-state index in [4.69, 9.17) is 9.47 Å². The number of unbranched alkanes of at least 4 members (excludes halogenated alkanes) is 3. The van der Waals surface area contributed by atoms with Gasteiger partial charge in [0.1, 0.15) is 0 Å². The standard InChI is InChI=1S/C27H36N2O3/c1-3-4-5-9-20-32-25-16-10-22(21-26(25)31-2)11-17-27(30)28-23-12-14-24(15-13-23)29-18-7-6-8-19-29/h10-17,21H,3-9,18-20H2,1-2H3,(H,28,30)/b17-11+. The molecule has 2 aromatic rings. The Kier molecular flexibility index (Phi) is 9.48. The number of nitrogens with zero attached hydrogens (tertiary/aromatic N) is 1. The summed E-state index contributed by atoms with van der Waals surface area (Å²) in [7, 11) is 1.63. The Labute approximate surface area is 192 Å². The van der Waals surface area contributed by atoms with E-state index in [1.807, 2.05) is 30.3 Å². The molecule has 0 aliphatic carbocycles. The molecule has 1 amide bonds. The van der Waals surface area contributed by atoms with Crippen LogP contribution in [0.2, 0.25) is 0 Å². The minimum Gasteiger partial charge on any atom is -0.493 e. The SMILES string of the molecule is CCCCCCOc1ccc(/C=C/C(=O)Nc2ccc(N3CCCCC3)cc2)cc1OC. The zero-order valence-electron chi connectivity index (χ0n) is 19.4. The number of hydrogen-bond donors (Lipinski definition) is 1. The highest BCUT2D eigenvalue weighted by atomic mass is 16.5. The lowest BCUT2D eigenvalue weighted by Crippen LogP contribution is -2.29. The van der Waals surface area contributed by atoms with Crippen LogP contribution in [0.25, 0.3) is 6.08 Å². The maximum atomic E-state index is 12.4. The van der Waals surface area contributed by atoms with Gasteiger partial charge < -0.3 is 19.7 Å². The maximum absolute atomic E-state index is 12.4. The molecular formula is C27H36N2O3. The van der Waals surface area contributed by atoms with Crippen molar-refractivity contribution in [2.24, 2.45) is 0 Å². The second kappa shape index (κ2) is 12.8. The summed E-state index contributed by atoms with van der Waals surface area (Å²) in [5, 5.41) is 2.93. The number of rotatable bonds is 11. The zero-order valence-corrected chi connectivity index (χ0v) is 19.4. The van der Waals surface area contributed by atoms with Crippen molar-refractivity contribution < 1.29 is 14.3 Å². The van der Waals surface area contributed by atoms with Gasteiger partial charge in [0.15, 0.2) is 11.5 Å². The van der Waals surface area contributed by atoms with Gasteiger partial charge in [0, 0.05) is 30.5 Å². The fourth-order valence-corrected chi connectivity index (χ4v) is 3.88. The van der Waals surface area contributed by atoms with Gasteiger partial charge in [-0.1, -0.05) is 32.3 Å². The number of benzene rings is 2. The molecule has 5 nitrogen and oxygen atoms in total. The predicted octanol–water partition coefficient (Wildman–Crippen LogP) is 6.30. The second-order valence-corrected chi connectivity index (χ2v) is 8.24. The first-order valence-electron chi connectivity index (χ1n) is 11.8. The molecule has 0 radical (unpaired) electrons. The molecule has 1 saturated heterocycles. The Morgan fingerprint density at radius 1 is 1.00 bits per heavy atom. The van der Waals surface area contributed by atoms with E-state index in [1.165, 1.54) is 44.2 Å². The molecule has 0 saturated carbocycles. The number of ether oxygens (including phenoxy) is 2. The van der Waals surface area contributed by atoms with Gasteiger partial charge in [0.05, 0.1) is 13.7 Å². The first kappa shape index (κ1) is 23.7. The van der Waals surface area contributed by atoms with Gasteiger partial charge in [-0.05, 0) is 73.7 Å². The Morgan fingerprint density at radius 2 is 1.78 bits per heavy atom. The number of amides is 1. The van der Waals surface area contributed by atoms with Gasteiger partial charge in [-0.15, -0.1) is 0 Å². The van der Waals surface area contributed by atoms with E-state index in [1.54, 1.807) is 19.3 Å². The lowest BCUT2D eigenvalue weighted by molar-refractivity contribution is -0.111. The molecule has 0 spiro atoms. The molecule has 3 rings (SSSR count). The van der Waals surface area contributed by atoms with Crippen LogP contribution in [0.3, 0.4) is 0 Å². The summed E-state index contributed by atoms with van der Waals surface area (Å²) in [6.45, 7) is 5.11. The van der Waals surface area contributed by atoms with Crippen LogP contribution in [0.15, 0.2) is 48.5 Å². The molecule has 1 heterocycles. The maximum Gasteiger partial charge on any atom is 0.248 e. The summed E-state index contributed by atoms with van der Waals surface area (Å²) in [5.41, 5.74) is 2.90. The predicted molar refractivity (Wildman–Crippen MR) is 133 cm³/mol. The van der Waals surface area contributed by atoms with Gasteiger partial charge in [-0.2, -0.15) is 0 Å². The monoisotopic (exact) mass is 436 g/mol. The Hall–Kier alpha value is -2.95. The van der Waals surface area contributed by atoms with Crippen molar-refractivity contribution in [2.75, 3.05) is 37.0 Å². The fourth-order valence-electron chi connectivity index (χ4n) is 3.88. The van der Waals surface area contributed by atoms with E-state index < -0.39 is 0 Å². The Bertz CT molecular complexity index is 871. The van der Waals surface area contributed by atoms with Crippen molar-refractivity contribution in [3.63, 3.8) is 0 Å². The molecule has 1 N–H and O–H groups in total.